The molecule has 2 aliphatic rings. The molecule has 1 amide bonds. The van der Waals surface area contributed by atoms with E-state index in [1.807, 2.05) is 0 Å². The highest BCUT2D eigenvalue weighted by Gasteiger charge is 2.39. The van der Waals surface area contributed by atoms with Crippen molar-refractivity contribution in [2.75, 3.05) is 0 Å². The zero-order valence-electron chi connectivity index (χ0n) is 11.8. The maximum Gasteiger partial charge on any atom is 0.263 e. The average molecular weight is 318 g/mol. The van der Waals surface area contributed by atoms with E-state index in [0.29, 0.717) is 27.5 Å². The summed E-state index contributed by atoms with van der Waals surface area (Å²) in [7, 11) is 0. The minimum atomic E-state index is -0.410. The topological polar surface area (TPSA) is 66.9 Å². The molecule has 0 spiro atoms. The quantitative estimate of drug-likeness (QED) is 0.908. The highest BCUT2D eigenvalue weighted by Crippen LogP contribution is 2.29. The lowest BCUT2D eigenvalue weighted by atomic mass is 9.95. The summed E-state index contributed by atoms with van der Waals surface area (Å²) in [6, 6.07) is 2.51. The first kappa shape index (κ1) is 13.8. The fourth-order valence-corrected chi connectivity index (χ4v) is 4.06. The van der Waals surface area contributed by atoms with Gasteiger partial charge in [0.25, 0.3) is 5.91 Å². The number of hydrogen-bond acceptors (Lipinski definition) is 5. The predicted molar refractivity (Wildman–Crippen MR) is 81.1 cm³/mol. The van der Waals surface area contributed by atoms with Crippen LogP contribution in [0.4, 0.5) is 4.39 Å². The first-order chi connectivity index (χ1) is 10.7. The van der Waals surface area contributed by atoms with E-state index in [-0.39, 0.29) is 11.9 Å². The third-order valence-corrected chi connectivity index (χ3v) is 5.34. The van der Waals surface area contributed by atoms with E-state index in [4.69, 9.17) is 0 Å². The number of thiazole rings is 1. The highest BCUT2D eigenvalue weighted by atomic mass is 32.1. The summed E-state index contributed by atoms with van der Waals surface area (Å²) in [6.07, 6.45) is 7.56. The van der Waals surface area contributed by atoms with E-state index in [9.17, 15) is 9.18 Å². The molecule has 0 radical (unpaired) electrons. The van der Waals surface area contributed by atoms with Gasteiger partial charge in [-0.3, -0.25) is 9.78 Å². The Labute approximate surface area is 131 Å². The Balaban J connectivity index is 1.48. The van der Waals surface area contributed by atoms with E-state index >= 15 is 0 Å². The fraction of sp³-hybridized carbons (Fsp3) is 0.400. The van der Waals surface area contributed by atoms with Gasteiger partial charge in [0.1, 0.15) is 15.7 Å². The third-order valence-electron chi connectivity index (χ3n) is 4.30. The van der Waals surface area contributed by atoms with Crippen LogP contribution in [0.15, 0.2) is 24.7 Å². The van der Waals surface area contributed by atoms with Gasteiger partial charge in [-0.15, -0.1) is 11.3 Å². The second-order valence-electron chi connectivity index (χ2n) is 5.78. The van der Waals surface area contributed by atoms with E-state index in [0.717, 1.165) is 19.0 Å². The van der Waals surface area contributed by atoms with Crippen LogP contribution < -0.4 is 10.6 Å². The molecule has 22 heavy (non-hydrogen) atoms. The second-order valence-corrected chi connectivity index (χ2v) is 6.82. The van der Waals surface area contributed by atoms with Crippen LogP contribution >= 0.6 is 11.3 Å². The number of amides is 1. The Hall–Kier alpha value is -1.86. The van der Waals surface area contributed by atoms with Gasteiger partial charge in [-0.2, -0.15) is 0 Å². The number of nitrogens with zero attached hydrogens (tertiary/aromatic N) is 2. The fourth-order valence-electron chi connectivity index (χ4n) is 3.26. The molecule has 0 unspecified atom stereocenters. The Kier molecular flexibility index (Phi) is 3.38. The normalized spacial score (nSPS) is 26.3. The average Bonchev–Trinajstić information content (AvgIpc) is 3.23. The molecule has 0 aromatic carbocycles. The molecule has 5 nitrogen and oxygen atoms in total. The second kappa shape index (κ2) is 5.40. The van der Waals surface area contributed by atoms with Crippen LogP contribution in [0.5, 0.6) is 0 Å². The van der Waals surface area contributed by atoms with Crippen LogP contribution in [0.1, 0.15) is 28.9 Å². The lowest BCUT2D eigenvalue weighted by Crippen LogP contribution is -2.42. The third kappa shape index (κ3) is 2.50. The van der Waals surface area contributed by atoms with Crippen molar-refractivity contribution < 1.29 is 9.18 Å². The minimum Gasteiger partial charge on any atom is -0.347 e. The Morgan fingerprint density at radius 3 is 3.00 bits per heavy atom. The largest absolute Gasteiger partial charge is 0.347 e. The number of fused-ring (bicyclic) bond motifs is 2. The van der Waals surface area contributed by atoms with Gasteiger partial charge < -0.3 is 10.6 Å². The molecule has 2 saturated heterocycles. The van der Waals surface area contributed by atoms with Crippen molar-refractivity contribution in [3.05, 3.63) is 35.4 Å². The zero-order chi connectivity index (χ0) is 15.1. The van der Waals surface area contributed by atoms with E-state index < -0.39 is 5.82 Å². The van der Waals surface area contributed by atoms with Gasteiger partial charge in [-0.25, -0.2) is 9.37 Å². The van der Waals surface area contributed by atoms with Crippen molar-refractivity contribution in [2.45, 2.75) is 37.4 Å². The van der Waals surface area contributed by atoms with Crippen molar-refractivity contribution >= 4 is 17.2 Å². The maximum absolute atomic E-state index is 13.2. The van der Waals surface area contributed by atoms with Crippen LogP contribution in [0.25, 0.3) is 10.6 Å². The first-order valence-electron chi connectivity index (χ1n) is 7.33. The summed E-state index contributed by atoms with van der Waals surface area (Å²) < 4.78 is 13.2. The number of rotatable bonds is 3. The molecule has 7 heteroatoms. The molecule has 2 aromatic rings. The van der Waals surface area contributed by atoms with Gasteiger partial charge in [-0.1, -0.05) is 0 Å². The molecule has 4 rings (SSSR count). The van der Waals surface area contributed by atoms with Gasteiger partial charge in [0.15, 0.2) is 0 Å². The molecular formula is C15H15FN4OS. The molecule has 2 fully saturated rings. The number of carbonyl (C=O) groups is 1. The monoisotopic (exact) mass is 318 g/mol. The smallest absolute Gasteiger partial charge is 0.263 e. The summed E-state index contributed by atoms with van der Waals surface area (Å²) in [5.41, 5.74) is 0.589. The number of hydrogen-bond donors (Lipinski definition) is 2. The number of pyridine rings is 1. The molecule has 3 atom stereocenters. The van der Waals surface area contributed by atoms with Crippen LogP contribution in [-0.2, 0) is 0 Å². The molecule has 4 heterocycles. The molecule has 0 aliphatic carbocycles. The van der Waals surface area contributed by atoms with Gasteiger partial charge >= 0.3 is 0 Å². The van der Waals surface area contributed by atoms with E-state index in [1.54, 1.807) is 12.4 Å². The van der Waals surface area contributed by atoms with Crippen LogP contribution in [0.2, 0.25) is 0 Å². The van der Waals surface area contributed by atoms with Crippen molar-refractivity contribution in [3.63, 3.8) is 0 Å². The van der Waals surface area contributed by atoms with E-state index in [1.165, 1.54) is 23.8 Å². The molecule has 2 bridgehead atoms. The summed E-state index contributed by atoms with van der Waals surface area (Å²) in [5, 5.41) is 7.18. The lowest BCUT2D eigenvalue weighted by Gasteiger charge is -2.20. The molecule has 0 saturated carbocycles. The molecule has 114 valence electrons. The lowest BCUT2D eigenvalue weighted by molar-refractivity contribution is 0.0935. The van der Waals surface area contributed by atoms with Gasteiger partial charge in [0, 0.05) is 29.9 Å². The van der Waals surface area contributed by atoms with Crippen LogP contribution in [0, 0.1) is 5.82 Å². The SMILES string of the molecule is O=C(N[C@@H]1C[C@H]2CC[C@@H]1N2)c1cnc(-c2cncc(F)c2)s1. The highest BCUT2D eigenvalue weighted by molar-refractivity contribution is 7.16. The minimum absolute atomic E-state index is 0.104. The number of aromatic nitrogens is 2. The molecule has 2 N–H and O–H groups in total. The zero-order valence-corrected chi connectivity index (χ0v) is 12.6. The number of carbonyl (C=O) groups excluding carboxylic acids is 1. The number of halogens is 1. The van der Waals surface area contributed by atoms with Gasteiger partial charge in [0.2, 0.25) is 0 Å². The maximum atomic E-state index is 13.2. The first-order valence-corrected chi connectivity index (χ1v) is 8.14. The van der Waals surface area contributed by atoms with Gasteiger partial charge in [0.05, 0.1) is 12.4 Å². The predicted octanol–water partition coefficient (Wildman–Crippen LogP) is 1.97. The Bertz CT molecular complexity index is 719. The van der Waals surface area contributed by atoms with Crippen molar-refractivity contribution in [3.8, 4) is 10.6 Å². The number of nitrogens with one attached hydrogen (secondary N) is 2. The molecule has 2 aliphatic heterocycles. The summed E-state index contributed by atoms with van der Waals surface area (Å²) in [6.45, 7) is 0. The van der Waals surface area contributed by atoms with Gasteiger partial charge in [-0.05, 0) is 25.3 Å². The Morgan fingerprint density at radius 2 is 2.27 bits per heavy atom. The van der Waals surface area contributed by atoms with Crippen molar-refractivity contribution in [1.29, 1.82) is 0 Å². The van der Waals surface area contributed by atoms with Crippen LogP contribution in [-0.4, -0.2) is 34.0 Å². The molecular weight excluding hydrogens is 303 g/mol. The standard InChI is InChI=1S/C15H15FN4OS/c16-9-3-8(5-17-6-9)15-18-7-13(22-15)14(21)20-12-4-10-1-2-11(12)19-10/h3,5-7,10-12,19H,1-2,4H2,(H,20,21)/t10-,11+,12-/m1/s1. The van der Waals surface area contributed by atoms with Crippen molar-refractivity contribution in [2.24, 2.45) is 0 Å². The summed E-state index contributed by atoms with van der Waals surface area (Å²) in [5.74, 6) is -0.515. The van der Waals surface area contributed by atoms with Crippen LogP contribution in [0.3, 0.4) is 0 Å². The van der Waals surface area contributed by atoms with Crippen molar-refractivity contribution in [1.82, 2.24) is 20.6 Å². The summed E-state index contributed by atoms with van der Waals surface area (Å²) >= 11 is 1.26. The summed E-state index contributed by atoms with van der Waals surface area (Å²) in [4.78, 5) is 20.9. The Morgan fingerprint density at radius 1 is 1.36 bits per heavy atom. The van der Waals surface area contributed by atoms with E-state index in [2.05, 4.69) is 20.6 Å². The molecule has 2 aromatic heterocycles.